The van der Waals surface area contributed by atoms with Crippen molar-refractivity contribution in [2.45, 2.75) is 40.3 Å². The summed E-state index contributed by atoms with van der Waals surface area (Å²) in [5.74, 6) is 0.528. The minimum absolute atomic E-state index is 0.196. The molecule has 0 saturated heterocycles. The predicted octanol–water partition coefficient (Wildman–Crippen LogP) is 4.94. The second kappa shape index (κ2) is 11.5. The normalized spacial score (nSPS) is 15.2. The van der Waals surface area contributed by atoms with Crippen molar-refractivity contribution in [3.05, 3.63) is 89.2 Å². The lowest BCUT2D eigenvalue weighted by atomic mass is 9.95. The first kappa shape index (κ1) is 27.9. The van der Waals surface area contributed by atoms with Crippen LogP contribution in [0.4, 0.5) is 0 Å². The second-order valence-electron chi connectivity index (χ2n) is 9.15. The third-order valence-corrected chi connectivity index (χ3v) is 8.51. The van der Waals surface area contributed by atoms with Crippen molar-refractivity contribution in [2.24, 2.45) is 4.99 Å². The highest BCUT2D eigenvalue weighted by Crippen LogP contribution is 2.41. The Hall–Kier alpha value is -3.63. The number of para-hydroxylation sites is 1. The standard InChI is InChI=1S/C30H30BrN3O5S/c1-6-33-16-18(19-11-9-10-12-22(19)33)13-25-28(35)34-27(20-14-23(37-5)24(38-7-2)15-21(20)31)26(29(36)39-8-3)17(4)32-30(34)40-25/h9-16,27H,6-8H2,1-5H3/b25-13+/t27-/m1/s1. The van der Waals surface area contributed by atoms with Crippen LogP contribution in [0.3, 0.4) is 0 Å². The minimum Gasteiger partial charge on any atom is -0.493 e. The average Bonchev–Trinajstić information content (AvgIpc) is 3.45. The molecular weight excluding hydrogens is 594 g/mol. The number of ether oxygens (including phenoxy) is 3. The van der Waals surface area contributed by atoms with Gasteiger partial charge in [-0.05, 0) is 57.5 Å². The molecule has 0 fully saturated rings. The molecule has 0 aliphatic carbocycles. The Morgan fingerprint density at radius 1 is 1.15 bits per heavy atom. The maximum Gasteiger partial charge on any atom is 0.338 e. The second-order valence-corrected chi connectivity index (χ2v) is 11.0. The van der Waals surface area contributed by atoms with Crippen molar-refractivity contribution >= 4 is 50.2 Å². The summed E-state index contributed by atoms with van der Waals surface area (Å²) in [7, 11) is 1.56. The molecule has 0 spiro atoms. The Morgan fingerprint density at radius 2 is 1.93 bits per heavy atom. The van der Waals surface area contributed by atoms with Gasteiger partial charge in [0.2, 0.25) is 0 Å². The molecule has 0 bridgehead atoms. The van der Waals surface area contributed by atoms with Gasteiger partial charge in [-0.25, -0.2) is 9.79 Å². The van der Waals surface area contributed by atoms with Crippen LogP contribution in [0, 0.1) is 0 Å². The van der Waals surface area contributed by atoms with Gasteiger partial charge in [0, 0.05) is 33.7 Å². The highest BCUT2D eigenvalue weighted by atomic mass is 79.9. The van der Waals surface area contributed by atoms with Gasteiger partial charge in [0.1, 0.15) is 0 Å². The number of nitrogens with zero attached hydrogens (tertiary/aromatic N) is 3. The van der Waals surface area contributed by atoms with Crippen LogP contribution in [0.1, 0.15) is 44.9 Å². The Morgan fingerprint density at radius 3 is 2.62 bits per heavy atom. The third kappa shape index (κ3) is 4.79. The summed E-state index contributed by atoms with van der Waals surface area (Å²) in [4.78, 5) is 32.6. The molecule has 1 atom stereocenters. The van der Waals surface area contributed by atoms with E-state index in [9.17, 15) is 9.59 Å². The Balaban J connectivity index is 1.77. The quantitative estimate of drug-likeness (QED) is 0.260. The van der Waals surface area contributed by atoms with Crippen LogP contribution < -0.4 is 24.4 Å². The van der Waals surface area contributed by atoms with Gasteiger partial charge in [0.15, 0.2) is 16.3 Å². The van der Waals surface area contributed by atoms with E-state index in [0.29, 0.717) is 48.7 Å². The summed E-state index contributed by atoms with van der Waals surface area (Å²) < 4.78 is 21.7. The first-order valence-corrected chi connectivity index (χ1v) is 14.7. The van der Waals surface area contributed by atoms with Crippen molar-refractivity contribution < 1.29 is 19.0 Å². The molecule has 0 radical (unpaired) electrons. The fraction of sp³-hybridized carbons (Fsp3) is 0.300. The SMILES string of the molecule is CCOC(=O)C1=C(C)N=c2s/c(=C/c3cn(CC)c4ccccc34)c(=O)n2[C@@H]1c1cc(OC)c(OCC)cc1Br. The molecule has 0 N–H and O–H groups in total. The zero-order chi connectivity index (χ0) is 28.6. The topological polar surface area (TPSA) is 84.1 Å². The summed E-state index contributed by atoms with van der Waals surface area (Å²) in [5.41, 5.74) is 3.27. The van der Waals surface area contributed by atoms with E-state index < -0.39 is 12.0 Å². The maximum atomic E-state index is 14.1. The number of hydrogen-bond acceptors (Lipinski definition) is 7. The van der Waals surface area contributed by atoms with Crippen LogP contribution >= 0.6 is 27.3 Å². The number of aromatic nitrogens is 2. The number of esters is 1. The van der Waals surface area contributed by atoms with Gasteiger partial charge in [-0.1, -0.05) is 45.5 Å². The number of rotatable bonds is 8. The van der Waals surface area contributed by atoms with E-state index >= 15 is 0 Å². The lowest BCUT2D eigenvalue weighted by Gasteiger charge is -2.26. The fourth-order valence-electron chi connectivity index (χ4n) is 5.07. The van der Waals surface area contributed by atoms with Crippen LogP contribution in [0.2, 0.25) is 0 Å². The van der Waals surface area contributed by atoms with Crippen molar-refractivity contribution in [1.82, 2.24) is 9.13 Å². The van der Waals surface area contributed by atoms with E-state index in [0.717, 1.165) is 23.0 Å². The number of allylic oxidation sites excluding steroid dienone is 1. The number of hydrogen-bond donors (Lipinski definition) is 0. The van der Waals surface area contributed by atoms with Gasteiger partial charge in [0.05, 0.1) is 42.2 Å². The lowest BCUT2D eigenvalue weighted by molar-refractivity contribution is -0.139. The molecule has 0 saturated carbocycles. The molecule has 0 amide bonds. The van der Waals surface area contributed by atoms with E-state index in [4.69, 9.17) is 19.2 Å². The largest absolute Gasteiger partial charge is 0.493 e. The number of benzene rings is 2. The van der Waals surface area contributed by atoms with E-state index in [2.05, 4.69) is 45.8 Å². The van der Waals surface area contributed by atoms with Gasteiger partial charge in [-0.2, -0.15) is 0 Å². The molecule has 2 aromatic carbocycles. The van der Waals surface area contributed by atoms with E-state index in [1.54, 1.807) is 37.7 Å². The van der Waals surface area contributed by atoms with Crippen molar-refractivity contribution in [1.29, 1.82) is 0 Å². The molecule has 0 unspecified atom stereocenters. The molecule has 5 rings (SSSR count). The van der Waals surface area contributed by atoms with Gasteiger partial charge < -0.3 is 18.8 Å². The Labute approximate surface area is 244 Å². The highest BCUT2D eigenvalue weighted by Gasteiger charge is 2.35. The van der Waals surface area contributed by atoms with Crippen LogP contribution in [0.5, 0.6) is 11.5 Å². The molecular formula is C30H30BrN3O5S. The zero-order valence-corrected chi connectivity index (χ0v) is 25.4. The fourth-order valence-corrected chi connectivity index (χ4v) is 6.64. The molecule has 3 heterocycles. The number of methoxy groups -OCH3 is 1. The van der Waals surface area contributed by atoms with E-state index in [1.807, 2.05) is 25.1 Å². The maximum absolute atomic E-state index is 14.1. The molecule has 8 nitrogen and oxygen atoms in total. The number of fused-ring (bicyclic) bond motifs is 2. The lowest BCUT2D eigenvalue weighted by Crippen LogP contribution is -2.40. The zero-order valence-electron chi connectivity index (χ0n) is 23.0. The van der Waals surface area contributed by atoms with Crippen LogP contribution in [0.15, 0.2) is 68.1 Å². The molecule has 1 aliphatic rings. The van der Waals surface area contributed by atoms with Crippen LogP contribution in [0.25, 0.3) is 17.0 Å². The van der Waals surface area contributed by atoms with Crippen molar-refractivity contribution in [3.63, 3.8) is 0 Å². The van der Waals surface area contributed by atoms with E-state index in [-0.39, 0.29) is 12.2 Å². The minimum atomic E-state index is -0.784. The number of carbonyl (C=O) groups excluding carboxylic acids is 1. The van der Waals surface area contributed by atoms with Gasteiger partial charge in [-0.3, -0.25) is 9.36 Å². The summed E-state index contributed by atoms with van der Waals surface area (Å²) >= 11 is 4.96. The summed E-state index contributed by atoms with van der Waals surface area (Å²) in [6, 6.07) is 10.9. The number of thiazole rings is 1. The Bertz CT molecular complexity index is 1830. The van der Waals surface area contributed by atoms with Crippen LogP contribution in [-0.2, 0) is 16.1 Å². The first-order chi connectivity index (χ1) is 19.3. The third-order valence-electron chi connectivity index (χ3n) is 6.84. The Kier molecular flexibility index (Phi) is 8.00. The molecule has 40 heavy (non-hydrogen) atoms. The number of aryl methyl sites for hydroxylation is 1. The summed E-state index contributed by atoms with van der Waals surface area (Å²) in [5, 5.41) is 1.06. The van der Waals surface area contributed by atoms with Crippen molar-refractivity contribution in [2.75, 3.05) is 20.3 Å². The van der Waals surface area contributed by atoms with Gasteiger partial charge in [0.25, 0.3) is 5.56 Å². The molecule has 10 heteroatoms. The van der Waals surface area contributed by atoms with Crippen LogP contribution in [-0.4, -0.2) is 35.4 Å². The highest BCUT2D eigenvalue weighted by molar-refractivity contribution is 9.10. The molecule has 2 aromatic heterocycles. The van der Waals surface area contributed by atoms with Gasteiger partial charge in [-0.15, -0.1) is 0 Å². The average molecular weight is 625 g/mol. The summed E-state index contributed by atoms with van der Waals surface area (Å²) in [6.07, 6.45) is 3.97. The molecule has 208 valence electrons. The number of carbonyl (C=O) groups is 1. The number of halogens is 1. The van der Waals surface area contributed by atoms with Gasteiger partial charge >= 0.3 is 5.97 Å². The summed E-state index contributed by atoms with van der Waals surface area (Å²) in [6.45, 7) is 8.97. The monoisotopic (exact) mass is 623 g/mol. The molecule has 1 aliphatic heterocycles. The molecule has 4 aromatic rings. The predicted molar refractivity (Wildman–Crippen MR) is 160 cm³/mol. The smallest absolute Gasteiger partial charge is 0.338 e. The van der Waals surface area contributed by atoms with E-state index in [1.165, 1.54) is 11.3 Å². The first-order valence-electron chi connectivity index (χ1n) is 13.1. The van der Waals surface area contributed by atoms with Crippen molar-refractivity contribution in [3.8, 4) is 11.5 Å².